The molecule has 0 bridgehead atoms. The number of hydrogen-bond acceptors (Lipinski definition) is 2. The molecule has 0 amide bonds. The van der Waals surface area contributed by atoms with E-state index in [-0.39, 0.29) is 0 Å². The first-order valence-electron chi connectivity index (χ1n) is 20.0. The molecule has 268 valence electrons. The summed E-state index contributed by atoms with van der Waals surface area (Å²) in [4.78, 5) is 0. The molecule has 3 aromatic heterocycles. The van der Waals surface area contributed by atoms with Crippen LogP contribution >= 0.6 is 22.7 Å². The van der Waals surface area contributed by atoms with E-state index in [0.717, 1.165) is 6.42 Å². The molecule has 0 atom stereocenters. The van der Waals surface area contributed by atoms with Crippen molar-refractivity contribution in [3.63, 3.8) is 0 Å². The second-order valence-electron chi connectivity index (χ2n) is 16.0. The third kappa shape index (κ3) is 4.19. The third-order valence-corrected chi connectivity index (χ3v) is 15.2. The zero-order valence-electron chi connectivity index (χ0n) is 31.2. The van der Waals surface area contributed by atoms with Gasteiger partial charge in [0.15, 0.2) is 0 Å². The molecule has 3 heterocycles. The quantitative estimate of drug-likeness (QED) is 0.157. The van der Waals surface area contributed by atoms with Crippen molar-refractivity contribution in [2.75, 3.05) is 0 Å². The molecule has 2 aliphatic rings. The maximum atomic E-state index is 2.55. The van der Waals surface area contributed by atoms with Crippen LogP contribution in [0.25, 0.3) is 123 Å². The summed E-state index contributed by atoms with van der Waals surface area (Å²) in [6.45, 7) is 0. The first kappa shape index (κ1) is 31.3. The van der Waals surface area contributed by atoms with Gasteiger partial charge in [0.25, 0.3) is 0 Å². The molecule has 58 heavy (non-hydrogen) atoms. The highest BCUT2D eigenvalue weighted by atomic mass is 32.1. The fourth-order valence-electron chi connectivity index (χ4n) is 10.4. The number of thiophene rings is 2. The van der Waals surface area contributed by atoms with E-state index in [4.69, 9.17) is 0 Å². The van der Waals surface area contributed by atoms with Crippen molar-refractivity contribution in [2.45, 2.75) is 6.42 Å². The fraction of sp³-hybridized carbons (Fsp3) is 0.0182. The van der Waals surface area contributed by atoms with Crippen molar-refractivity contribution >= 4 is 84.8 Å². The molecule has 0 saturated heterocycles. The maximum Gasteiger partial charge on any atom is 0.0547 e. The predicted molar refractivity (Wildman–Crippen MR) is 250 cm³/mol. The largest absolute Gasteiger partial charge is 0.309 e. The van der Waals surface area contributed by atoms with Crippen molar-refractivity contribution in [1.29, 1.82) is 0 Å². The number of hydrogen-bond donors (Lipinski definition) is 0. The molecule has 3 heteroatoms. The minimum Gasteiger partial charge on any atom is -0.309 e. The van der Waals surface area contributed by atoms with E-state index < -0.39 is 0 Å². The highest BCUT2D eigenvalue weighted by molar-refractivity contribution is 7.26. The number of rotatable bonds is 1. The average molecular weight is 770 g/mol. The van der Waals surface area contributed by atoms with Gasteiger partial charge in [0, 0.05) is 56.8 Å². The number of para-hydroxylation sites is 2. The lowest BCUT2D eigenvalue weighted by Gasteiger charge is -2.25. The van der Waals surface area contributed by atoms with Gasteiger partial charge in [-0.05, 0) is 152 Å². The van der Waals surface area contributed by atoms with Crippen molar-refractivity contribution < 1.29 is 0 Å². The van der Waals surface area contributed by atoms with Crippen molar-refractivity contribution in [3.8, 4) is 61.3 Å². The molecule has 14 rings (SSSR count). The van der Waals surface area contributed by atoms with Crippen molar-refractivity contribution in [2.24, 2.45) is 0 Å². The Morgan fingerprint density at radius 3 is 1.52 bits per heavy atom. The summed E-state index contributed by atoms with van der Waals surface area (Å²) in [5.74, 6) is 0. The highest BCUT2D eigenvalue weighted by Crippen LogP contribution is 2.55. The van der Waals surface area contributed by atoms with Crippen molar-refractivity contribution in [3.05, 3.63) is 187 Å². The van der Waals surface area contributed by atoms with Gasteiger partial charge in [0.2, 0.25) is 0 Å². The minimum atomic E-state index is 0.944. The van der Waals surface area contributed by atoms with Gasteiger partial charge >= 0.3 is 0 Å². The fourth-order valence-corrected chi connectivity index (χ4v) is 12.6. The van der Waals surface area contributed by atoms with Gasteiger partial charge in [-0.15, -0.1) is 22.7 Å². The number of aromatic nitrogens is 1. The Labute approximate surface area is 342 Å². The minimum absolute atomic E-state index is 0.944. The number of benzene rings is 9. The molecular formula is C55H31NS2. The molecule has 1 nitrogen and oxygen atoms in total. The molecule has 9 aromatic carbocycles. The van der Waals surface area contributed by atoms with Gasteiger partial charge in [-0.3, -0.25) is 0 Å². The Kier molecular flexibility index (Phi) is 6.17. The molecule has 0 N–H and O–H groups in total. The van der Waals surface area contributed by atoms with Gasteiger partial charge in [0.1, 0.15) is 0 Å². The van der Waals surface area contributed by atoms with E-state index in [1.54, 1.807) is 0 Å². The van der Waals surface area contributed by atoms with Crippen LogP contribution in [-0.2, 0) is 6.42 Å². The SMILES string of the molecule is c1ccc(-n2c3ccccc3c3cc4c(cc32)-c2cc3c(cc2-c2cc5c(cc2-c2cc6sc7ccccc7c6cc2-4)sc2ccccc25)-c2ccccc2C3)cc1. The van der Waals surface area contributed by atoms with Gasteiger partial charge in [-0.2, -0.15) is 0 Å². The zero-order valence-corrected chi connectivity index (χ0v) is 32.8. The monoisotopic (exact) mass is 769 g/mol. The summed E-state index contributed by atoms with van der Waals surface area (Å²) >= 11 is 3.82. The molecule has 0 radical (unpaired) electrons. The zero-order chi connectivity index (χ0) is 37.6. The molecule has 2 aliphatic carbocycles. The molecule has 0 fully saturated rings. The van der Waals surface area contributed by atoms with E-state index in [1.165, 1.54) is 135 Å². The number of nitrogens with zero attached hydrogens (tertiary/aromatic N) is 1. The van der Waals surface area contributed by atoms with Crippen LogP contribution in [0.3, 0.4) is 0 Å². The Morgan fingerprint density at radius 1 is 0.293 bits per heavy atom. The molecule has 0 spiro atoms. The van der Waals surface area contributed by atoms with E-state index in [2.05, 4.69) is 180 Å². The van der Waals surface area contributed by atoms with Gasteiger partial charge < -0.3 is 4.57 Å². The van der Waals surface area contributed by atoms with Gasteiger partial charge in [0.05, 0.1) is 11.0 Å². The van der Waals surface area contributed by atoms with Crippen LogP contribution in [0.4, 0.5) is 0 Å². The first-order chi connectivity index (χ1) is 28.7. The lowest BCUT2D eigenvalue weighted by Crippen LogP contribution is -2.00. The molecule has 12 aromatic rings. The Bertz CT molecular complexity index is 3760. The standard InChI is InChI=1S/C55H31NS2/c1-2-13-33(14-3-1)56-50-19-9-6-16-35(50)47-25-41-43-27-49-37-18-8-11-21-53(37)58-55(49)30-46(43)45-29-54-48(36-17-7-10-20-52(36)57-54)26-42(45)40-24-38-32(22-31-12-4-5-15-34(31)38)23-39(40)44(41)28-51(47)56/h1-21,23-30H,22H2. The van der Waals surface area contributed by atoms with Crippen LogP contribution in [0, 0.1) is 0 Å². The second kappa shape index (κ2) is 11.4. The third-order valence-electron chi connectivity index (χ3n) is 13.0. The highest BCUT2D eigenvalue weighted by Gasteiger charge is 2.29. The van der Waals surface area contributed by atoms with E-state index >= 15 is 0 Å². The summed E-state index contributed by atoms with van der Waals surface area (Å²) in [6, 6.07) is 66.9. The molecule has 0 saturated carbocycles. The summed E-state index contributed by atoms with van der Waals surface area (Å²) < 4.78 is 7.79. The van der Waals surface area contributed by atoms with E-state index in [9.17, 15) is 0 Å². The summed E-state index contributed by atoms with van der Waals surface area (Å²) in [7, 11) is 0. The van der Waals surface area contributed by atoms with Crippen LogP contribution < -0.4 is 0 Å². The maximum absolute atomic E-state index is 2.55. The Balaban J connectivity index is 1.20. The lowest BCUT2D eigenvalue weighted by atomic mass is 9.78. The van der Waals surface area contributed by atoms with Gasteiger partial charge in [-0.1, -0.05) is 97.1 Å². The van der Waals surface area contributed by atoms with Crippen molar-refractivity contribution in [1.82, 2.24) is 4.57 Å². The molecule has 0 aliphatic heterocycles. The van der Waals surface area contributed by atoms with Crippen LogP contribution in [0.2, 0.25) is 0 Å². The second-order valence-corrected chi connectivity index (χ2v) is 18.1. The van der Waals surface area contributed by atoms with Crippen LogP contribution in [0.15, 0.2) is 176 Å². The van der Waals surface area contributed by atoms with Crippen LogP contribution in [0.1, 0.15) is 11.1 Å². The average Bonchev–Trinajstić information content (AvgIpc) is 4.02. The summed E-state index contributed by atoms with van der Waals surface area (Å²) in [5, 5.41) is 7.85. The summed E-state index contributed by atoms with van der Waals surface area (Å²) in [5.41, 5.74) is 19.5. The topological polar surface area (TPSA) is 4.93 Å². The van der Waals surface area contributed by atoms with E-state index in [0.29, 0.717) is 0 Å². The number of fused-ring (bicyclic) bond motifs is 20. The smallest absolute Gasteiger partial charge is 0.0547 e. The first-order valence-corrected chi connectivity index (χ1v) is 21.7. The van der Waals surface area contributed by atoms with Crippen LogP contribution in [-0.4, -0.2) is 4.57 Å². The Hall–Kier alpha value is -6.78. The summed E-state index contributed by atoms with van der Waals surface area (Å²) in [6.07, 6.45) is 0.944. The van der Waals surface area contributed by atoms with Gasteiger partial charge in [-0.25, -0.2) is 0 Å². The Morgan fingerprint density at radius 2 is 0.810 bits per heavy atom. The van der Waals surface area contributed by atoms with Crippen LogP contribution in [0.5, 0.6) is 0 Å². The lowest BCUT2D eigenvalue weighted by molar-refractivity contribution is 1.18. The van der Waals surface area contributed by atoms with E-state index in [1.807, 2.05) is 22.7 Å². The molecule has 0 unspecified atom stereocenters. The molecular weight excluding hydrogens is 739 g/mol. The normalized spacial score (nSPS) is 12.8. The predicted octanol–water partition coefficient (Wildman–Crippen LogP) is 16.1.